The summed E-state index contributed by atoms with van der Waals surface area (Å²) in [6.45, 7) is 3.54. The van der Waals surface area contributed by atoms with Crippen LogP contribution in [0, 0.1) is 11.6 Å². The van der Waals surface area contributed by atoms with Crippen molar-refractivity contribution in [2.45, 2.75) is 38.5 Å². The number of aryl methyl sites for hydroxylation is 1. The summed E-state index contributed by atoms with van der Waals surface area (Å²) in [7, 11) is 0. The largest absolute Gasteiger partial charge is 0.573 e. The molecular formula is C39H34F5NO3. The van der Waals surface area contributed by atoms with Crippen molar-refractivity contribution in [2.75, 3.05) is 32.8 Å². The summed E-state index contributed by atoms with van der Waals surface area (Å²) in [4.78, 5) is 2.45. The van der Waals surface area contributed by atoms with Gasteiger partial charge in [0.25, 0.3) is 0 Å². The van der Waals surface area contributed by atoms with Crippen molar-refractivity contribution in [2.24, 2.45) is 0 Å². The van der Waals surface area contributed by atoms with Crippen LogP contribution in [0.1, 0.15) is 53.5 Å². The fourth-order valence-corrected chi connectivity index (χ4v) is 6.89. The zero-order valence-electron chi connectivity index (χ0n) is 26.2. The molecule has 248 valence electrons. The molecule has 4 aromatic rings. The van der Waals surface area contributed by atoms with Crippen LogP contribution in [0.5, 0.6) is 17.2 Å². The van der Waals surface area contributed by atoms with Gasteiger partial charge in [-0.15, -0.1) is 13.2 Å². The number of nitrogens with zero attached hydrogens (tertiary/aromatic N) is 1. The molecule has 48 heavy (non-hydrogen) atoms. The molecule has 3 aliphatic heterocycles. The molecule has 0 radical (unpaired) electrons. The molecule has 0 N–H and O–H groups in total. The van der Waals surface area contributed by atoms with E-state index in [2.05, 4.69) is 15.7 Å². The summed E-state index contributed by atoms with van der Waals surface area (Å²) in [5.74, 6) is 0.119. The number of ether oxygens (including phenoxy) is 3. The number of alkyl halides is 3. The number of piperidine rings is 1. The molecule has 0 aliphatic carbocycles. The van der Waals surface area contributed by atoms with E-state index in [-0.39, 0.29) is 18.2 Å². The normalized spacial score (nSPS) is 16.6. The number of benzene rings is 4. The Hall–Kier alpha value is -4.63. The molecule has 4 aromatic carbocycles. The van der Waals surface area contributed by atoms with Crippen LogP contribution in [0.4, 0.5) is 22.0 Å². The van der Waals surface area contributed by atoms with E-state index in [0.29, 0.717) is 41.9 Å². The summed E-state index contributed by atoms with van der Waals surface area (Å²) in [6.07, 6.45) is -0.142. The van der Waals surface area contributed by atoms with Gasteiger partial charge in [0.05, 0.1) is 0 Å². The van der Waals surface area contributed by atoms with Crippen LogP contribution in [-0.2, 0) is 6.42 Å². The Morgan fingerprint density at radius 1 is 0.625 bits per heavy atom. The number of halogens is 5. The quantitative estimate of drug-likeness (QED) is 0.177. The van der Waals surface area contributed by atoms with Gasteiger partial charge in [0.15, 0.2) is 0 Å². The Balaban J connectivity index is 1.24. The Labute approximate surface area is 276 Å². The Bertz CT molecular complexity index is 1860. The summed E-state index contributed by atoms with van der Waals surface area (Å²) in [5.41, 5.74) is 7.81. The minimum absolute atomic E-state index is 0.230. The van der Waals surface area contributed by atoms with Gasteiger partial charge in [-0.3, -0.25) is 4.90 Å². The van der Waals surface area contributed by atoms with Crippen LogP contribution >= 0.6 is 0 Å². The van der Waals surface area contributed by atoms with E-state index in [9.17, 15) is 22.0 Å². The van der Waals surface area contributed by atoms with Crippen LogP contribution in [0.3, 0.4) is 0 Å². The maximum atomic E-state index is 14.0. The van der Waals surface area contributed by atoms with E-state index < -0.39 is 12.2 Å². The van der Waals surface area contributed by atoms with Crippen LogP contribution in [0.2, 0.25) is 0 Å². The van der Waals surface area contributed by atoms with Crippen molar-refractivity contribution < 1.29 is 36.2 Å². The molecule has 0 amide bonds. The number of rotatable bonds is 8. The van der Waals surface area contributed by atoms with Gasteiger partial charge >= 0.3 is 6.36 Å². The molecular weight excluding hydrogens is 625 g/mol. The minimum Gasteiger partial charge on any atom is -0.489 e. The average molecular weight is 660 g/mol. The molecule has 0 atom stereocenters. The number of hydrogen-bond donors (Lipinski definition) is 0. The van der Waals surface area contributed by atoms with Crippen molar-refractivity contribution in [3.63, 3.8) is 0 Å². The SMILES string of the molecule is Fc1ccc(C2=C(CCc3ccc4c(c3)C(c3ccc(F)cc3)=C(CN3CCCCC3)CO4)COc3ccc(OC(F)(F)F)cc32)cc1. The molecule has 3 heterocycles. The number of likely N-dealkylation sites (tertiary alicyclic amines) is 1. The molecule has 0 spiro atoms. The lowest BCUT2D eigenvalue weighted by atomic mass is 9.87. The maximum Gasteiger partial charge on any atom is 0.573 e. The second-order valence-electron chi connectivity index (χ2n) is 12.4. The fraction of sp³-hybridized carbons (Fsp3) is 0.282. The molecule has 0 aromatic heterocycles. The van der Waals surface area contributed by atoms with E-state index in [1.54, 1.807) is 12.1 Å². The van der Waals surface area contributed by atoms with E-state index >= 15 is 0 Å². The average Bonchev–Trinajstić information content (AvgIpc) is 3.07. The van der Waals surface area contributed by atoms with Crippen LogP contribution in [0.15, 0.2) is 96.1 Å². The summed E-state index contributed by atoms with van der Waals surface area (Å²) in [6, 6.07) is 22.6. The van der Waals surface area contributed by atoms with Crippen molar-refractivity contribution in [1.29, 1.82) is 0 Å². The second-order valence-corrected chi connectivity index (χ2v) is 12.4. The van der Waals surface area contributed by atoms with Gasteiger partial charge in [0.2, 0.25) is 0 Å². The fourth-order valence-electron chi connectivity index (χ4n) is 6.89. The topological polar surface area (TPSA) is 30.9 Å². The van der Waals surface area contributed by atoms with Gasteiger partial charge in [-0.05, 0) is 132 Å². The first-order chi connectivity index (χ1) is 23.2. The predicted octanol–water partition coefficient (Wildman–Crippen LogP) is 9.37. The maximum absolute atomic E-state index is 14.0. The third kappa shape index (κ3) is 7.11. The van der Waals surface area contributed by atoms with Crippen molar-refractivity contribution in [1.82, 2.24) is 4.90 Å². The third-order valence-corrected chi connectivity index (χ3v) is 9.12. The Morgan fingerprint density at radius 2 is 1.19 bits per heavy atom. The van der Waals surface area contributed by atoms with Crippen molar-refractivity contribution in [3.05, 3.63) is 136 Å². The Morgan fingerprint density at radius 3 is 1.81 bits per heavy atom. The first-order valence-corrected chi connectivity index (χ1v) is 16.2. The zero-order chi connectivity index (χ0) is 33.3. The highest BCUT2D eigenvalue weighted by atomic mass is 19.4. The third-order valence-electron chi connectivity index (χ3n) is 9.12. The highest BCUT2D eigenvalue weighted by Gasteiger charge is 2.32. The lowest BCUT2D eigenvalue weighted by Gasteiger charge is -2.31. The molecule has 0 unspecified atom stereocenters. The highest BCUT2D eigenvalue weighted by molar-refractivity contribution is 5.88. The van der Waals surface area contributed by atoms with Crippen LogP contribution < -0.4 is 14.2 Å². The van der Waals surface area contributed by atoms with Gasteiger partial charge < -0.3 is 14.2 Å². The van der Waals surface area contributed by atoms with Gasteiger partial charge in [-0.1, -0.05) is 36.8 Å². The lowest BCUT2D eigenvalue weighted by Crippen LogP contribution is -2.33. The van der Waals surface area contributed by atoms with Gasteiger partial charge in [0, 0.05) is 17.7 Å². The lowest BCUT2D eigenvalue weighted by molar-refractivity contribution is -0.274. The summed E-state index contributed by atoms with van der Waals surface area (Å²) >= 11 is 0. The van der Waals surface area contributed by atoms with E-state index in [4.69, 9.17) is 9.47 Å². The monoisotopic (exact) mass is 659 g/mol. The first-order valence-electron chi connectivity index (χ1n) is 16.2. The molecule has 0 bridgehead atoms. The highest BCUT2D eigenvalue weighted by Crippen LogP contribution is 2.43. The number of hydrogen-bond acceptors (Lipinski definition) is 4. The van der Waals surface area contributed by atoms with Gasteiger partial charge in [-0.2, -0.15) is 0 Å². The second kappa shape index (κ2) is 13.5. The van der Waals surface area contributed by atoms with E-state index in [0.717, 1.165) is 58.8 Å². The molecule has 4 nitrogen and oxygen atoms in total. The zero-order valence-corrected chi connectivity index (χ0v) is 26.2. The molecule has 1 fully saturated rings. The standard InChI is InChI=1S/C39H34F5NO3/c40-30-11-7-26(8-12-30)37-28(23-46-36-17-15-32(21-34(36)37)48-39(42,43)44)6-4-25-5-16-35-33(20-25)38(27-9-13-31(41)14-10-27)29(24-47-35)22-45-18-2-1-3-19-45/h5,7-17,20-21H,1-4,6,18-19,22-24H2. The summed E-state index contributed by atoms with van der Waals surface area (Å²) in [5, 5.41) is 0. The van der Waals surface area contributed by atoms with E-state index in [1.807, 2.05) is 24.3 Å². The molecule has 1 saturated heterocycles. The molecule has 3 aliphatic rings. The van der Waals surface area contributed by atoms with Crippen LogP contribution in [0.25, 0.3) is 11.1 Å². The predicted molar refractivity (Wildman–Crippen MR) is 174 cm³/mol. The molecule has 9 heteroatoms. The van der Waals surface area contributed by atoms with Crippen molar-refractivity contribution >= 4 is 11.1 Å². The minimum atomic E-state index is -4.85. The van der Waals surface area contributed by atoms with E-state index in [1.165, 1.54) is 61.7 Å². The number of fused-ring (bicyclic) bond motifs is 2. The molecule has 7 rings (SSSR count). The van der Waals surface area contributed by atoms with Gasteiger partial charge in [-0.25, -0.2) is 8.78 Å². The smallest absolute Gasteiger partial charge is 0.489 e. The van der Waals surface area contributed by atoms with Crippen molar-refractivity contribution in [3.8, 4) is 17.2 Å². The molecule has 0 saturated carbocycles. The van der Waals surface area contributed by atoms with Crippen LogP contribution in [-0.4, -0.2) is 44.1 Å². The van der Waals surface area contributed by atoms with Gasteiger partial charge in [0.1, 0.15) is 42.1 Å². The first kappa shape index (κ1) is 31.9. The summed E-state index contributed by atoms with van der Waals surface area (Å²) < 4.78 is 83.7. The Kier molecular flexibility index (Phi) is 8.96.